The lowest BCUT2D eigenvalue weighted by Crippen LogP contribution is -2.47. The zero-order valence-corrected chi connectivity index (χ0v) is 76.8. The smallest absolute Gasteiger partial charge is 0.416 e. The van der Waals surface area contributed by atoms with Crippen molar-refractivity contribution in [3.63, 3.8) is 0 Å². The van der Waals surface area contributed by atoms with E-state index in [0.717, 1.165) is 65.3 Å². The Labute approximate surface area is 777 Å². The van der Waals surface area contributed by atoms with Crippen molar-refractivity contribution in [3.05, 3.63) is 309 Å². The van der Waals surface area contributed by atoms with E-state index in [1.165, 1.54) is 85.6 Å². The van der Waals surface area contributed by atoms with Gasteiger partial charge in [-0.1, -0.05) is 129 Å². The summed E-state index contributed by atoms with van der Waals surface area (Å²) in [6.45, 7) is 8.84. The maximum absolute atomic E-state index is 13.1. The number of esters is 2. The second-order valence-corrected chi connectivity index (χ2v) is 33.7. The Morgan fingerprint density at radius 3 is 1.82 bits per heavy atom. The first kappa shape index (κ1) is 103. The van der Waals surface area contributed by atoms with Crippen LogP contribution in [-0.4, -0.2) is 194 Å². The number of anilines is 3. The van der Waals surface area contributed by atoms with Crippen molar-refractivity contribution in [2.75, 3.05) is 124 Å². The summed E-state index contributed by atoms with van der Waals surface area (Å²) in [4.78, 5) is 89.2. The first-order valence-corrected chi connectivity index (χ1v) is 43.5. The van der Waals surface area contributed by atoms with Gasteiger partial charge in [0.05, 0.1) is 60.5 Å². The zero-order valence-electron chi connectivity index (χ0n) is 73.7. The molecule has 710 valence electrons. The second-order valence-electron chi connectivity index (χ2n) is 31.9. The number of nitrogens with zero attached hydrogens (tertiary/aromatic N) is 12. The topological polar surface area (TPSA) is 270 Å². The molecule has 39 heteroatoms. The number of benzene rings is 8. The number of ether oxygens (including phenoxy) is 5. The van der Waals surface area contributed by atoms with Gasteiger partial charge in [-0.3, -0.25) is 49.1 Å². The van der Waals surface area contributed by atoms with Crippen LogP contribution in [-0.2, 0) is 88.1 Å². The number of halogens is 14. The number of nitro groups is 1. The molecule has 8 aromatic carbocycles. The van der Waals surface area contributed by atoms with Crippen molar-refractivity contribution in [1.29, 1.82) is 0 Å². The van der Waals surface area contributed by atoms with Gasteiger partial charge < -0.3 is 49.4 Å². The van der Waals surface area contributed by atoms with Gasteiger partial charge in [0.1, 0.15) is 18.0 Å². The molecule has 2 fully saturated rings. The van der Waals surface area contributed by atoms with Crippen LogP contribution < -0.4 is 25.6 Å². The van der Waals surface area contributed by atoms with Gasteiger partial charge in [-0.05, 0) is 158 Å². The van der Waals surface area contributed by atoms with Gasteiger partial charge >= 0.3 is 36.6 Å². The number of piperazine rings is 1. The van der Waals surface area contributed by atoms with E-state index in [1.54, 1.807) is 48.3 Å². The van der Waals surface area contributed by atoms with Crippen LogP contribution in [0.3, 0.4) is 0 Å². The van der Waals surface area contributed by atoms with Crippen molar-refractivity contribution in [2.45, 2.75) is 115 Å². The molecule has 0 spiro atoms. The number of aromatic nitrogens is 4. The molecule has 2 amide bonds. The number of non-ortho nitro benzene ring substituents is 1. The summed E-state index contributed by atoms with van der Waals surface area (Å²) in [7, 11) is 10.1. The minimum atomic E-state index is -4.41. The van der Waals surface area contributed by atoms with Gasteiger partial charge in [0.25, 0.3) is 17.5 Å². The number of carbonyl (C=O) groups excluding carboxylic acids is 4. The Kier molecular flexibility index (Phi) is 37.1. The average molecular weight is 1990 g/mol. The number of nitro benzene ring substituents is 1. The normalized spacial score (nSPS) is 14.9. The minimum Gasteiger partial charge on any atom is -0.469 e. The van der Waals surface area contributed by atoms with Gasteiger partial charge in [-0.25, -0.2) is 4.79 Å². The van der Waals surface area contributed by atoms with E-state index < -0.39 is 64.7 Å². The van der Waals surface area contributed by atoms with Crippen LogP contribution in [0.1, 0.15) is 142 Å². The molecule has 0 radical (unpaired) electrons. The van der Waals surface area contributed by atoms with Crippen LogP contribution in [0.2, 0.25) is 0 Å². The van der Waals surface area contributed by atoms with Crippen LogP contribution >= 0.6 is 31.9 Å². The van der Waals surface area contributed by atoms with E-state index in [1.807, 2.05) is 108 Å². The Hall–Kier alpha value is -11.7. The molecule has 10 aromatic rings. The molecule has 2 aromatic heterocycles. The fraction of sp³-hybridized carbons (Fsp3) is 0.362. The van der Waals surface area contributed by atoms with Crippen molar-refractivity contribution >= 4 is 78.9 Å². The molecule has 2 unspecified atom stereocenters. The molecule has 0 bridgehead atoms. The monoisotopic (exact) mass is 1990 g/mol. The summed E-state index contributed by atoms with van der Waals surface area (Å²) in [5.74, 6) is 0.253. The summed E-state index contributed by atoms with van der Waals surface area (Å²) in [6.07, 6.45) is -14.3. The number of carbonyl (C=O) groups is 4. The highest BCUT2D eigenvalue weighted by Gasteiger charge is 2.37. The van der Waals surface area contributed by atoms with E-state index in [4.69, 9.17) is 19.9 Å². The molecule has 3 N–H and O–H groups in total. The minimum absolute atomic E-state index is 0.0548. The Morgan fingerprint density at radius 1 is 0.617 bits per heavy atom. The molecule has 0 saturated carbocycles. The molecule has 2 saturated heterocycles. The number of hydrogen-bond acceptors (Lipinski definition) is 22. The first-order chi connectivity index (χ1) is 63.1. The van der Waals surface area contributed by atoms with Crippen molar-refractivity contribution in [1.82, 2.24) is 49.8 Å². The largest absolute Gasteiger partial charge is 0.469 e. The van der Waals surface area contributed by atoms with Gasteiger partial charge in [-0.15, -0.1) is 0 Å². The third-order valence-electron chi connectivity index (χ3n) is 21.8. The number of rotatable bonds is 24. The Bertz CT molecular complexity index is 5510. The molecule has 14 rings (SSSR count). The Balaban J connectivity index is 0.000000172. The molecule has 2 atom stereocenters. The summed E-state index contributed by atoms with van der Waals surface area (Å²) in [5.41, 5.74) is 13.4. The van der Waals surface area contributed by atoms with Crippen LogP contribution in [0, 0.1) is 10.1 Å². The number of nitrogens with two attached hydrogens (primary N) is 1. The van der Waals surface area contributed by atoms with E-state index in [9.17, 15) is 82.0 Å². The van der Waals surface area contributed by atoms with Gasteiger partial charge in [0.2, 0.25) is 11.9 Å². The SMILES string of the molecule is CC(c1nc(N)nc(N(C)C)n1)N1CCN(c2cccc(C(F)(F)F)c2)CC1.CN(Cc1ccc(Br)cc1)Cc1ccc(C(=O)NCC(F)(F)F)cc1.CN(Cc1ccc(C(F)(F)F)cc1)Cc1cc([N+](=O)[O-])cc2c1OCOC2.COC(=O)CCN(Cc1cc(Br)cc(C(F)(F)F)c1)C1CCOCC1.COC(=O)c1ccc(C(=O)N2Cc3ccccc3C(c3ccccc3)C2)nc1. The third kappa shape index (κ3) is 31.5. The standard InChI is InChI=1S/C23H20N2O3.C18H18BrF3N2O.C18H24F3N7.C18H17F3N2O4.C17H21BrF3NO3/c1-28-23(27)17-11-12-21(24-13-17)22(26)25-14-18-9-5-6-10-19(18)20(15-25)16-7-3-2-4-8-16;1-24(11-14-4-8-16(19)9-5-14)10-13-2-6-15(7-3-13)17(25)23-12-18(20,21)22;1-12(15-23-16(22)25-17(24-15)26(2)3)27-7-9-28(10-8-27)14-6-4-5-13(11-14)18(19,20)21;1-22(8-12-2-4-15(5-3-12)18(19,20)21)9-13-6-16(23(24)25)7-14-10-26-11-27-17(13)14;1-24-16(23)2-5-22(15-3-6-25-7-4-15)11-12-8-13(17(19,20)21)10-14(18)9-12/h2-13,20H,14-15H2,1H3;2-9H,10-12H2,1H3,(H,23,25);4-6,11-12H,7-10H2,1-3H3,(H2,22,23,24,25);2-7H,8-11H2,1H3;8-10,15H,2-7,11H2,1H3. The number of methoxy groups -OCH3 is 2. The third-order valence-corrected chi connectivity index (χ3v) is 22.8. The highest BCUT2D eigenvalue weighted by molar-refractivity contribution is 9.10. The number of hydrogen-bond donors (Lipinski definition) is 2. The van der Waals surface area contributed by atoms with E-state index >= 15 is 0 Å². The van der Waals surface area contributed by atoms with E-state index in [2.05, 4.69) is 95.3 Å². The summed E-state index contributed by atoms with van der Waals surface area (Å²) in [6, 6.07) is 53.5. The quantitative estimate of drug-likeness (QED) is 0.0246. The molecular weight excluding hydrogens is 1890 g/mol. The van der Waals surface area contributed by atoms with Gasteiger partial charge in [0.15, 0.2) is 12.6 Å². The number of nitrogen functional groups attached to an aromatic ring is 1. The van der Waals surface area contributed by atoms with E-state index in [0.29, 0.717) is 146 Å². The molecular formula is C94H100Br2F12N14O11. The fourth-order valence-electron chi connectivity index (χ4n) is 15.0. The number of nitrogens with one attached hydrogen (secondary N) is 1. The first-order valence-electron chi connectivity index (χ1n) is 41.9. The van der Waals surface area contributed by atoms with Crippen molar-refractivity contribution in [2.24, 2.45) is 0 Å². The molecule has 0 aliphatic carbocycles. The lowest BCUT2D eigenvalue weighted by atomic mass is 9.84. The van der Waals surface area contributed by atoms with E-state index in [-0.39, 0.29) is 66.9 Å². The average Bonchev–Trinajstić information content (AvgIpc) is 0.787. The lowest BCUT2D eigenvalue weighted by molar-refractivity contribution is -0.385. The van der Waals surface area contributed by atoms with Crippen molar-refractivity contribution in [3.8, 4) is 5.75 Å². The molecule has 4 aliphatic rings. The molecule has 25 nitrogen and oxygen atoms in total. The molecule has 4 aliphatic heterocycles. The zero-order chi connectivity index (χ0) is 96.5. The number of alkyl halides is 12. The maximum atomic E-state index is 13.1. The predicted octanol–water partition coefficient (Wildman–Crippen LogP) is 18.6. The number of fused-ring (bicyclic) bond motifs is 2. The van der Waals surface area contributed by atoms with Gasteiger partial charge in [0, 0.05) is 167 Å². The summed E-state index contributed by atoms with van der Waals surface area (Å²) in [5, 5.41) is 13.0. The number of amides is 2. The highest BCUT2D eigenvalue weighted by atomic mass is 79.9. The molecule has 6 heterocycles. The fourth-order valence-corrected chi connectivity index (χ4v) is 15.8. The Morgan fingerprint density at radius 2 is 1.23 bits per heavy atom. The van der Waals surface area contributed by atoms with Crippen LogP contribution in [0.4, 0.5) is 76.0 Å². The van der Waals surface area contributed by atoms with Crippen LogP contribution in [0.15, 0.2) is 209 Å². The second kappa shape index (κ2) is 47.8. The van der Waals surface area contributed by atoms with Crippen LogP contribution in [0.5, 0.6) is 5.75 Å². The lowest BCUT2D eigenvalue weighted by Gasteiger charge is -2.38. The summed E-state index contributed by atoms with van der Waals surface area (Å²) < 4.78 is 179. The number of pyridine rings is 1. The summed E-state index contributed by atoms with van der Waals surface area (Å²) >= 11 is 6.55. The maximum Gasteiger partial charge on any atom is 0.416 e. The van der Waals surface area contributed by atoms with Gasteiger partial charge in [-0.2, -0.15) is 67.6 Å². The highest BCUT2D eigenvalue weighted by Crippen LogP contribution is 2.39. The molecule has 133 heavy (non-hydrogen) atoms. The van der Waals surface area contributed by atoms with Crippen molar-refractivity contribution < 1.29 is 100 Å². The van der Waals surface area contributed by atoms with Crippen LogP contribution in [0.25, 0.3) is 0 Å². The predicted molar refractivity (Wildman–Crippen MR) is 481 cm³/mol.